The third kappa shape index (κ3) is 4.68. The zero-order valence-corrected chi connectivity index (χ0v) is 20.5. The molecule has 5 rings (SSSR count). The zero-order chi connectivity index (χ0) is 24.6. The molecule has 0 aliphatic rings. The minimum Gasteiger partial charge on any atom is -0.456 e. The predicted molar refractivity (Wildman–Crippen MR) is 140 cm³/mol. The van der Waals surface area contributed by atoms with Crippen LogP contribution in [0.4, 0.5) is 0 Å². The number of esters is 1. The van der Waals surface area contributed by atoms with Crippen LogP contribution in [0.25, 0.3) is 39.0 Å². The Kier molecular flexibility index (Phi) is 5.87. The Morgan fingerprint density at radius 1 is 0.886 bits per heavy atom. The summed E-state index contributed by atoms with van der Waals surface area (Å²) in [6.45, 7) is 5.55. The lowest BCUT2D eigenvalue weighted by molar-refractivity contribution is 0.00704. The van der Waals surface area contributed by atoms with Crippen LogP contribution in [0.15, 0.2) is 91.3 Å². The average molecular weight is 482 g/mol. The first kappa shape index (κ1) is 22.8. The summed E-state index contributed by atoms with van der Waals surface area (Å²) in [5.41, 5.74) is 5.02. The van der Waals surface area contributed by atoms with Gasteiger partial charge in [0.25, 0.3) is 0 Å². The maximum atomic E-state index is 13.2. The van der Waals surface area contributed by atoms with E-state index in [-0.39, 0.29) is 0 Å². The van der Waals surface area contributed by atoms with Gasteiger partial charge in [-0.05, 0) is 56.2 Å². The highest BCUT2D eigenvalue weighted by Crippen LogP contribution is 2.33. The van der Waals surface area contributed by atoms with Gasteiger partial charge in [0.1, 0.15) is 11.2 Å². The molecular weight excluding hydrogens is 458 g/mol. The Labute approximate surface area is 209 Å². The van der Waals surface area contributed by atoms with Crippen molar-refractivity contribution in [2.75, 3.05) is 0 Å². The first-order chi connectivity index (χ1) is 16.8. The second-order valence-corrected chi connectivity index (χ2v) is 9.69. The lowest BCUT2D eigenvalue weighted by Gasteiger charge is -2.20. The third-order valence-corrected chi connectivity index (χ3v) is 5.80. The van der Waals surface area contributed by atoms with E-state index in [1.54, 1.807) is 17.1 Å². The topological polar surface area (TPSA) is 57.0 Å². The number of halogens is 1. The van der Waals surface area contributed by atoms with E-state index < -0.39 is 11.6 Å². The van der Waals surface area contributed by atoms with Crippen LogP contribution in [-0.4, -0.2) is 26.3 Å². The molecule has 6 heteroatoms. The van der Waals surface area contributed by atoms with Crippen LogP contribution in [-0.2, 0) is 4.74 Å². The van der Waals surface area contributed by atoms with Gasteiger partial charge in [-0.25, -0.2) is 9.48 Å². The maximum absolute atomic E-state index is 13.2. The van der Waals surface area contributed by atoms with E-state index >= 15 is 0 Å². The van der Waals surface area contributed by atoms with Crippen molar-refractivity contribution in [2.45, 2.75) is 26.4 Å². The Morgan fingerprint density at radius 3 is 2.29 bits per heavy atom. The fourth-order valence-corrected chi connectivity index (χ4v) is 4.20. The molecule has 0 radical (unpaired) electrons. The lowest BCUT2D eigenvalue weighted by atomic mass is 10.0. The van der Waals surface area contributed by atoms with Crippen molar-refractivity contribution >= 4 is 28.5 Å². The molecular formula is C29H24ClN3O2. The molecule has 0 saturated carbocycles. The first-order valence-corrected chi connectivity index (χ1v) is 11.7. The molecule has 5 aromatic rings. The molecule has 5 nitrogen and oxygen atoms in total. The second-order valence-electron chi connectivity index (χ2n) is 9.26. The molecule has 0 aliphatic carbocycles. The number of ether oxygens (including phenoxy) is 1. The lowest BCUT2D eigenvalue weighted by Crippen LogP contribution is -2.24. The van der Waals surface area contributed by atoms with Crippen molar-refractivity contribution in [3.05, 3.63) is 102 Å². The summed E-state index contributed by atoms with van der Waals surface area (Å²) in [6, 6.07) is 25.7. The van der Waals surface area contributed by atoms with E-state index in [9.17, 15) is 4.79 Å². The normalized spacial score (nSPS) is 11.5. The molecule has 0 N–H and O–H groups in total. The number of nitrogens with zero attached hydrogens (tertiary/aromatic N) is 3. The van der Waals surface area contributed by atoms with Crippen LogP contribution in [0.3, 0.4) is 0 Å². The van der Waals surface area contributed by atoms with Gasteiger partial charge in [0.2, 0.25) is 0 Å². The van der Waals surface area contributed by atoms with E-state index in [4.69, 9.17) is 16.3 Å². The van der Waals surface area contributed by atoms with Crippen LogP contribution in [0.2, 0.25) is 5.02 Å². The molecule has 174 valence electrons. The minimum atomic E-state index is -0.631. The smallest absolute Gasteiger partial charge is 0.342 e. The summed E-state index contributed by atoms with van der Waals surface area (Å²) in [5.74, 6) is -0.424. The molecule has 0 spiro atoms. The van der Waals surface area contributed by atoms with Gasteiger partial charge < -0.3 is 4.74 Å². The van der Waals surface area contributed by atoms with Crippen molar-refractivity contribution in [1.29, 1.82) is 0 Å². The van der Waals surface area contributed by atoms with Crippen molar-refractivity contribution in [3.8, 4) is 28.1 Å². The van der Waals surface area contributed by atoms with E-state index in [2.05, 4.69) is 22.2 Å². The molecule has 0 unspecified atom stereocenters. The Morgan fingerprint density at radius 2 is 1.57 bits per heavy atom. The van der Waals surface area contributed by atoms with Crippen molar-refractivity contribution in [1.82, 2.24) is 14.8 Å². The quantitative estimate of drug-likeness (QED) is 0.251. The number of hydrogen-bond acceptors (Lipinski definition) is 4. The molecule has 0 bridgehead atoms. The maximum Gasteiger partial charge on any atom is 0.342 e. The second kappa shape index (κ2) is 9.01. The largest absolute Gasteiger partial charge is 0.456 e. The number of pyridine rings is 1. The zero-order valence-electron chi connectivity index (χ0n) is 19.7. The molecule has 0 atom stereocenters. The van der Waals surface area contributed by atoms with E-state index in [1.165, 1.54) is 0 Å². The molecule has 0 aliphatic heterocycles. The van der Waals surface area contributed by atoms with E-state index in [0.717, 1.165) is 33.3 Å². The fraction of sp³-hybridized carbons (Fsp3) is 0.138. The third-order valence-electron chi connectivity index (χ3n) is 5.56. The van der Waals surface area contributed by atoms with Crippen LogP contribution in [0, 0.1) is 0 Å². The van der Waals surface area contributed by atoms with Crippen LogP contribution < -0.4 is 0 Å². The molecule has 0 saturated heterocycles. The minimum absolute atomic E-state index is 0.395. The van der Waals surface area contributed by atoms with Gasteiger partial charge >= 0.3 is 5.97 Å². The van der Waals surface area contributed by atoms with Gasteiger partial charge in [0, 0.05) is 22.2 Å². The number of aromatic nitrogens is 3. The van der Waals surface area contributed by atoms with Gasteiger partial charge in [0.05, 0.1) is 23.1 Å². The van der Waals surface area contributed by atoms with Crippen LogP contribution >= 0.6 is 11.6 Å². The summed E-state index contributed by atoms with van der Waals surface area (Å²) in [5, 5.41) is 6.10. The molecule has 2 aromatic heterocycles. The van der Waals surface area contributed by atoms with Gasteiger partial charge in [-0.15, -0.1) is 0 Å². The average Bonchev–Trinajstić information content (AvgIpc) is 3.28. The molecule has 3 aromatic carbocycles. The molecule has 0 amide bonds. The van der Waals surface area contributed by atoms with Crippen LogP contribution in [0.5, 0.6) is 0 Å². The highest BCUT2D eigenvalue weighted by Gasteiger charge is 2.25. The number of carbonyl (C=O) groups excluding carboxylic acids is 1. The summed E-state index contributed by atoms with van der Waals surface area (Å²) < 4.78 is 7.48. The standard InChI is InChI=1S/C29H24ClN3O2/c1-29(2,3)35-28(34)24-18-32-33(26-15-16-31-25-17-22(30)13-14-23(25)26)27(24)21-11-9-20(10-12-21)19-7-5-4-6-8-19/h4-18H,1-3H3. The number of fused-ring (bicyclic) bond motifs is 1. The summed E-state index contributed by atoms with van der Waals surface area (Å²) in [4.78, 5) is 17.6. The fourth-order valence-electron chi connectivity index (χ4n) is 4.03. The van der Waals surface area contributed by atoms with Gasteiger partial charge in [-0.1, -0.05) is 66.2 Å². The number of carbonyl (C=O) groups is 1. The van der Waals surface area contributed by atoms with E-state index in [1.807, 2.05) is 87.5 Å². The first-order valence-electron chi connectivity index (χ1n) is 11.3. The van der Waals surface area contributed by atoms with Gasteiger partial charge in [-0.3, -0.25) is 4.98 Å². The Hall–Kier alpha value is -3.96. The highest BCUT2D eigenvalue weighted by atomic mass is 35.5. The molecule has 0 fully saturated rings. The number of benzene rings is 3. The Bertz CT molecular complexity index is 1520. The SMILES string of the molecule is CC(C)(C)OC(=O)c1cnn(-c2ccnc3cc(Cl)ccc23)c1-c1ccc(-c2ccccc2)cc1. The summed E-state index contributed by atoms with van der Waals surface area (Å²) >= 11 is 6.19. The van der Waals surface area contributed by atoms with Crippen molar-refractivity contribution in [2.24, 2.45) is 0 Å². The summed E-state index contributed by atoms with van der Waals surface area (Å²) in [7, 11) is 0. The summed E-state index contributed by atoms with van der Waals surface area (Å²) in [6.07, 6.45) is 3.28. The molecule has 35 heavy (non-hydrogen) atoms. The van der Waals surface area contributed by atoms with Crippen LogP contribution in [0.1, 0.15) is 31.1 Å². The van der Waals surface area contributed by atoms with Crippen molar-refractivity contribution in [3.63, 3.8) is 0 Å². The predicted octanol–water partition coefficient (Wildman–Crippen LogP) is 7.36. The number of rotatable bonds is 4. The highest BCUT2D eigenvalue weighted by molar-refractivity contribution is 6.31. The van der Waals surface area contributed by atoms with Crippen molar-refractivity contribution < 1.29 is 9.53 Å². The van der Waals surface area contributed by atoms with Gasteiger partial charge in [-0.2, -0.15) is 5.10 Å². The Balaban J connectivity index is 1.68. The molecule has 2 heterocycles. The number of hydrogen-bond donors (Lipinski definition) is 0. The monoisotopic (exact) mass is 481 g/mol. The van der Waals surface area contributed by atoms with Gasteiger partial charge in [0.15, 0.2) is 0 Å². The van der Waals surface area contributed by atoms with E-state index in [0.29, 0.717) is 16.3 Å².